The number of fused-ring (bicyclic) bond motifs is 1. The number of rotatable bonds is 12. The van der Waals surface area contributed by atoms with Gasteiger partial charge >= 0.3 is 11.9 Å². The van der Waals surface area contributed by atoms with Crippen LogP contribution < -0.4 is 14.8 Å². The highest BCUT2D eigenvalue weighted by Crippen LogP contribution is 2.38. The maximum absolute atomic E-state index is 14.6. The number of cyclic esters (lactones) is 1. The summed E-state index contributed by atoms with van der Waals surface area (Å²) in [7, 11) is 0. The molecule has 1 N–H and O–H groups in total. The van der Waals surface area contributed by atoms with Crippen LogP contribution in [0.4, 0.5) is 5.69 Å². The largest absolute Gasteiger partial charge is 0.460 e. The lowest BCUT2D eigenvalue weighted by atomic mass is 9.86. The molecule has 1 aromatic heterocycles. The number of furan rings is 1. The van der Waals surface area contributed by atoms with Crippen molar-refractivity contribution in [1.29, 1.82) is 0 Å². The number of anilines is 1. The van der Waals surface area contributed by atoms with Gasteiger partial charge < -0.3 is 33.6 Å². The molecule has 11 nitrogen and oxygen atoms in total. The monoisotopic (exact) mass is 706 g/mol. The van der Waals surface area contributed by atoms with E-state index >= 15 is 0 Å². The third kappa shape index (κ3) is 8.71. The first kappa shape index (κ1) is 36.0. The zero-order valence-corrected chi connectivity index (χ0v) is 29.6. The summed E-state index contributed by atoms with van der Waals surface area (Å²) >= 11 is 0. The number of hydrogen-bond donors (Lipinski definition) is 1. The SMILES string of the molecule is CC(C(Cc1ccc(C(=O)Nc2ccccc2)o1)c1ccc2c(c1)OCO2)N(C/C=C/c1ccccc1)C(=O)C1OC(=O)CC1C(=O)OC(C)(C)C. The van der Waals surface area contributed by atoms with Crippen LogP contribution in [0.5, 0.6) is 11.5 Å². The Morgan fingerprint density at radius 2 is 1.65 bits per heavy atom. The highest BCUT2D eigenvalue weighted by Gasteiger charge is 2.48. The summed E-state index contributed by atoms with van der Waals surface area (Å²) in [4.78, 5) is 55.1. The van der Waals surface area contributed by atoms with E-state index in [0.29, 0.717) is 22.9 Å². The van der Waals surface area contributed by atoms with Crippen molar-refractivity contribution < 1.29 is 42.5 Å². The standard InChI is InChI=1S/C41H42N2O9/c1-26(43(21-11-14-27-12-7-5-8-13-27)39(46)37-32(24-36(44)51-37)40(47)52-41(2,3)4)31(28-17-19-33-35(22-28)49-25-48-33)23-30-18-20-34(50-30)38(45)42-29-15-9-6-10-16-29/h5-20,22,26,31-32,37H,21,23-25H2,1-4H3,(H,42,45)/b14-11+. The number of amides is 2. The fourth-order valence-electron chi connectivity index (χ4n) is 6.32. The van der Waals surface area contributed by atoms with Crippen molar-refractivity contribution in [2.45, 2.75) is 64.2 Å². The first-order valence-electron chi connectivity index (χ1n) is 17.2. The Bertz CT molecular complexity index is 1930. The second kappa shape index (κ2) is 15.6. The molecule has 1 fully saturated rings. The Morgan fingerprint density at radius 1 is 0.942 bits per heavy atom. The summed E-state index contributed by atoms with van der Waals surface area (Å²) < 4.78 is 28.5. The molecule has 0 radical (unpaired) electrons. The normalized spacial score (nSPS) is 17.7. The predicted octanol–water partition coefficient (Wildman–Crippen LogP) is 6.79. The molecule has 4 atom stereocenters. The number of para-hydroxylation sites is 1. The zero-order valence-electron chi connectivity index (χ0n) is 29.6. The van der Waals surface area contributed by atoms with Crippen LogP contribution in [0.15, 0.2) is 101 Å². The summed E-state index contributed by atoms with van der Waals surface area (Å²) in [6, 6.07) is 27.1. The summed E-state index contributed by atoms with van der Waals surface area (Å²) in [6.07, 6.45) is 2.41. The number of carbonyl (C=O) groups is 4. The van der Waals surface area contributed by atoms with Gasteiger partial charge in [-0.2, -0.15) is 0 Å². The van der Waals surface area contributed by atoms with Gasteiger partial charge in [0, 0.05) is 30.6 Å². The van der Waals surface area contributed by atoms with E-state index in [0.717, 1.165) is 11.1 Å². The van der Waals surface area contributed by atoms with Crippen molar-refractivity contribution in [3.05, 3.63) is 120 Å². The van der Waals surface area contributed by atoms with Gasteiger partial charge in [-0.1, -0.05) is 66.7 Å². The molecule has 6 rings (SSSR count). The van der Waals surface area contributed by atoms with E-state index in [-0.39, 0.29) is 31.9 Å². The van der Waals surface area contributed by atoms with Gasteiger partial charge in [0.05, 0.1) is 6.42 Å². The van der Waals surface area contributed by atoms with E-state index in [1.54, 1.807) is 49.9 Å². The molecule has 3 heterocycles. The molecule has 0 bridgehead atoms. The van der Waals surface area contributed by atoms with Crippen molar-refractivity contribution in [3.8, 4) is 11.5 Å². The Kier molecular flexibility index (Phi) is 10.8. The topological polar surface area (TPSA) is 134 Å². The first-order valence-corrected chi connectivity index (χ1v) is 17.2. The molecule has 0 saturated carbocycles. The Balaban J connectivity index is 1.33. The molecule has 1 saturated heterocycles. The van der Waals surface area contributed by atoms with Crippen LogP contribution in [0.25, 0.3) is 6.08 Å². The van der Waals surface area contributed by atoms with Crippen LogP contribution in [0.3, 0.4) is 0 Å². The van der Waals surface area contributed by atoms with E-state index in [1.165, 1.54) is 0 Å². The van der Waals surface area contributed by atoms with Crippen molar-refractivity contribution in [2.24, 2.45) is 5.92 Å². The van der Waals surface area contributed by atoms with E-state index in [1.807, 2.05) is 85.8 Å². The van der Waals surface area contributed by atoms with Gasteiger partial charge in [-0.05, 0) is 75.2 Å². The fraction of sp³-hybridized carbons (Fsp3) is 0.317. The van der Waals surface area contributed by atoms with Gasteiger partial charge in [0.1, 0.15) is 17.3 Å². The zero-order chi connectivity index (χ0) is 36.8. The Labute approximate surface area is 302 Å². The third-order valence-electron chi connectivity index (χ3n) is 8.90. The minimum Gasteiger partial charge on any atom is -0.460 e. The van der Waals surface area contributed by atoms with Crippen molar-refractivity contribution in [3.63, 3.8) is 0 Å². The molecule has 2 amide bonds. The molecule has 2 aliphatic heterocycles. The number of nitrogens with one attached hydrogen (secondary N) is 1. The number of benzene rings is 3. The summed E-state index contributed by atoms with van der Waals surface area (Å²) in [5.41, 5.74) is 1.56. The second-order valence-electron chi connectivity index (χ2n) is 13.8. The highest BCUT2D eigenvalue weighted by atomic mass is 16.7. The van der Waals surface area contributed by atoms with Gasteiger partial charge in [0.15, 0.2) is 23.4 Å². The lowest BCUT2D eigenvalue weighted by Crippen LogP contribution is -2.50. The second-order valence-corrected chi connectivity index (χ2v) is 13.8. The lowest BCUT2D eigenvalue weighted by molar-refractivity contribution is -0.167. The summed E-state index contributed by atoms with van der Waals surface area (Å²) in [5, 5.41) is 2.84. The quantitative estimate of drug-likeness (QED) is 0.158. The molecule has 0 aliphatic carbocycles. The van der Waals surface area contributed by atoms with Crippen LogP contribution in [-0.4, -0.2) is 59.7 Å². The van der Waals surface area contributed by atoms with Crippen molar-refractivity contribution >= 4 is 35.5 Å². The molecule has 4 aromatic rings. The van der Waals surface area contributed by atoms with Crippen molar-refractivity contribution in [2.75, 3.05) is 18.7 Å². The highest BCUT2D eigenvalue weighted by molar-refractivity contribution is 6.02. The Hall–Kier alpha value is -5.84. The minimum absolute atomic E-state index is 0.0884. The maximum Gasteiger partial charge on any atom is 0.314 e. The van der Waals surface area contributed by atoms with Crippen LogP contribution in [-0.2, 0) is 30.3 Å². The van der Waals surface area contributed by atoms with E-state index < -0.39 is 53.3 Å². The van der Waals surface area contributed by atoms with Crippen LogP contribution in [0, 0.1) is 5.92 Å². The van der Waals surface area contributed by atoms with E-state index in [2.05, 4.69) is 5.32 Å². The molecule has 3 aromatic carbocycles. The van der Waals surface area contributed by atoms with E-state index in [9.17, 15) is 19.2 Å². The van der Waals surface area contributed by atoms with Gasteiger partial charge in [-0.25, -0.2) is 0 Å². The molecular weight excluding hydrogens is 664 g/mol. The molecular formula is C41H42N2O9. The van der Waals surface area contributed by atoms with Gasteiger partial charge in [-0.15, -0.1) is 0 Å². The molecule has 2 aliphatic rings. The number of hydrogen-bond acceptors (Lipinski definition) is 9. The van der Waals surface area contributed by atoms with Crippen LogP contribution >= 0.6 is 0 Å². The maximum atomic E-state index is 14.6. The molecule has 4 unspecified atom stereocenters. The minimum atomic E-state index is -1.37. The lowest BCUT2D eigenvalue weighted by Gasteiger charge is -2.36. The first-order chi connectivity index (χ1) is 24.9. The number of carbonyl (C=O) groups excluding carboxylic acids is 4. The smallest absolute Gasteiger partial charge is 0.314 e. The fourth-order valence-corrected chi connectivity index (χ4v) is 6.32. The van der Waals surface area contributed by atoms with Crippen molar-refractivity contribution in [1.82, 2.24) is 4.90 Å². The molecule has 270 valence electrons. The predicted molar refractivity (Wildman–Crippen MR) is 193 cm³/mol. The summed E-state index contributed by atoms with van der Waals surface area (Å²) in [6.45, 7) is 7.30. The van der Waals surface area contributed by atoms with Gasteiger partial charge in [0.2, 0.25) is 6.79 Å². The van der Waals surface area contributed by atoms with Crippen LogP contribution in [0.2, 0.25) is 0 Å². The van der Waals surface area contributed by atoms with Crippen LogP contribution in [0.1, 0.15) is 67.5 Å². The van der Waals surface area contributed by atoms with Gasteiger partial charge in [-0.3, -0.25) is 19.2 Å². The molecule has 52 heavy (non-hydrogen) atoms. The van der Waals surface area contributed by atoms with E-state index in [4.69, 9.17) is 23.4 Å². The molecule has 11 heteroatoms. The Morgan fingerprint density at radius 3 is 2.38 bits per heavy atom. The molecule has 0 spiro atoms. The third-order valence-corrected chi connectivity index (χ3v) is 8.90. The number of ether oxygens (including phenoxy) is 4. The summed E-state index contributed by atoms with van der Waals surface area (Å²) in [5.74, 6) is -1.96. The van der Waals surface area contributed by atoms with Gasteiger partial charge in [0.25, 0.3) is 11.8 Å². The number of esters is 2. The average molecular weight is 707 g/mol. The number of nitrogens with zero attached hydrogens (tertiary/aromatic N) is 1. The average Bonchev–Trinajstić information content (AvgIpc) is 3.88.